The predicted molar refractivity (Wildman–Crippen MR) is 66.9 cm³/mol. The van der Waals surface area contributed by atoms with Crippen LogP contribution in [0.25, 0.3) is 11.2 Å². The van der Waals surface area contributed by atoms with Crippen LogP contribution in [0.1, 0.15) is 5.56 Å². The first-order valence-electron chi connectivity index (χ1n) is 5.85. The van der Waals surface area contributed by atoms with E-state index in [0.717, 1.165) is 12.3 Å². The van der Waals surface area contributed by atoms with Gasteiger partial charge in [-0.25, -0.2) is 15.0 Å². The molecule has 1 fully saturated rings. The summed E-state index contributed by atoms with van der Waals surface area (Å²) in [6.45, 7) is 1.18. The number of nitrogens with zero attached hydrogens (tertiary/aromatic N) is 4. The van der Waals surface area contributed by atoms with Gasteiger partial charge in [-0.05, 0) is 6.07 Å². The van der Waals surface area contributed by atoms with Gasteiger partial charge in [0.2, 0.25) is 0 Å². The van der Waals surface area contributed by atoms with E-state index >= 15 is 0 Å². The average Bonchev–Trinajstić information content (AvgIpc) is 2.32. The molecule has 3 heterocycles. The zero-order valence-corrected chi connectivity index (χ0v) is 10.2. The first-order valence-corrected chi connectivity index (χ1v) is 5.85. The minimum absolute atomic E-state index is 0.0193. The van der Waals surface area contributed by atoms with E-state index < -0.39 is 11.7 Å². The summed E-state index contributed by atoms with van der Waals surface area (Å²) in [5.74, 6) is 0.483. The summed E-state index contributed by atoms with van der Waals surface area (Å²) in [7, 11) is 0. The number of fused-ring (bicyclic) bond motifs is 1. The Bertz CT molecular complexity index is 665. The molecule has 1 aliphatic rings. The fraction of sp³-hybridized carbons (Fsp3) is 0.364. The fourth-order valence-electron chi connectivity index (χ4n) is 2.03. The molecule has 0 aliphatic carbocycles. The van der Waals surface area contributed by atoms with Crippen molar-refractivity contribution in [2.24, 2.45) is 5.73 Å². The lowest BCUT2D eigenvalue weighted by Gasteiger charge is -2.37. The van der Waals surface area contributed by atoms with Crippen molar-refractivity contribution in [1.29, 1.82) is 0 Å². The van der Waals surface area contributed by atoms with E-state index in [2.05, 4.69) is 15.0 Å². The number of pyridine rings is 1. The number of alkyl halides is 3. The molecule has 0 unspecified atom stereocenters. The minimum atomic E-state index is -4.47. The van der Waals surface area contributed by atoms with Crippen LogP contribution in [0, 0.1) is 0 Å². The van der Waals surface area contributed by atoms with Gasteiger partial charge in [0.05, 0.1) is 5.56 Å². The van der Waals surface area contributed by atoms with Gasteiger partial charge in [0.15, 0.2) is 17.3 Å². The third-order valence-corrected chi connectivity index (χ3v) is 3.07. The van der Waals surface area contributed by atoms with Crippen molar-refractivity contribution in [1.82, 2.24) is 15.0 Å². The summed E-state index contributed by atoms with van der Waals surface area (Å²) in [5.41, 5.74) is 10.7. The summed E-state index contributed by atoms with van der Waals surface area (Å²) in [5, 5.41) is 0. The Morgan fingerprint density at radius 1 is 1.25 bits per heavy atom. The Hall–Kier alpha value is -2.16. The quantitative estimate of drug-likeness (QED) is 0.803. The molecule has 106 valence electrons. The van der Waals surface area contributed by atoms with Crippen molar-refractivity contribution < 1.29 is 13.2 Å². The number of hydrogen-bond donors (Lipinski definition) is 2. The molecular weight excluding hydrogens is 273 g/mol. The predicted octanol–water partition coefficient (Wildman–Crippen LogP) is 0.773. The lowest BCUT2D eigenvalue weighted by molar-refractivity contribution is -0.137. The summed E-state index contributed by atoms with van der Waals surface area (Å²) in [4.78, 5) is 13.6. The van der Waals surface area contributed by atoms with Crippen molar-refractivity contribution in [3.8, 4) is 0 Å². The average molecular weight is 284 g/mol. The van der Waals surface area contributed by atoms with E-state index in [0.29, 0.717) is 18.9 Å². The van der Waals surface area contributed by atoms with Gasteiger partial charge in [-0.1, -0.05) is 0 Å². The van der Waals surface area contributed by atoms with E-state index in [4.69, 9.17) is 11.5 Å². The molecule has 2 aromatic rings. The zero-order chi connectivity index (χ0) is 14.5. The highest BCUT2D eigenvalue weighted by atomic mass is 19.4. The van der Waals surface area contributed by atoms with Crippen molar-refractivity contribution in [3.63, 3.8) is 0 Å². The van der Waals surface area contributed by atoms with Crippen LogP contribution in [0.4, 0.5) is 24.8 Å². The van der Waals surface area contributed by atoms with E-state index in [1.807, 2.05) is 4.90 Å². The molecule has 4 N–H and O–H groups in total. The largest absolute Gasteiger partial charge is 0.417 e. The summed E-state index contributed by atoms with van der Waals surface area (Å²) in [6.07, 6.45) is -3.74. The maximum Gasteiger partial charge on any atom is 0.417 e. The van der Waals surface area contributed by atoms with Gasteiger partial charge in [0, 0.05) is 25.3 Å². The van der Waals surface area contributed by atoms with E-state index in [-0.39, 0.29) is 23.0 Å². The van der Waals surface area contributed by atoms with Crippen molar-refractivity contribution in [2.45, 2.75) is 12.2 Å². The molecule has 0 radical (unpaired) electrons. The Morgan fingerprint density at radius 3 is 2.55 bits per heavy atom. The second-order valence-corrected chi connectivity index (χ2v) is 4.66. The lowest BCUT2D eigenvalue weighted by Crippen LogP contribution is -2.56. The lowest BCUT2D eigenvalue weighted by atomic mass is 10.1. The molecule has 9 heteroatoms. The minimum Gasteiger partial charge on any atom is -0.381 e. The zero-order valence-electron chi connectivity index (χ0n) is 10.2. The van der Waals surface area contributed by atoms with Crippen LogP contribution in [0.2, 0.25) is 0 Å². The molecule has 0 atom stereocenters. The third kappa shape index (κ3) is 2.09. The van der Waals surface area contributed by atoms with Crippen molar-refractivity contribution >= 4 is 22.8 Å². The highest BCUT2D eigenvalue weighted by Gasteiger charge is 2.32. The Labute approximate surface area is 111 Å². The smallest absolute Gasteiger partial charge is 0.381 e. The van der Waals surface area contributed by atoms with Gasteiger partial charge >= 0.3 is 6.18 Å². The van der Waals surface area contributed by atoms with E-state index in [1.165, 1.54) is 0 Å². The second kappa shape index (κ2) is 4.17. The van der Waals surface area contributed by atoms with Gasteiger partial charge in [0.1, 0.15) is 5.52 Å². The van der Waals surface area contributed by atoms with Crippen LogP contribution >= 0.6 is 0 Å². The number of nitrogen functional groups attached to an aromatic ring is 1. The monoisotopic (exact) mass is 284 g/mol. The number of hydrogen-bond acceptors (Lipinski definition) is 6. The van der Waals surface area contributed by atoms with Gasteiger partial charge < -0.3 is 16.4 Å². The van der Waals surface area contributed by atoms with Gasteiger partial charge in [-0.2, -0.15) is 13.2 Å². The van der Waals surface area contributed by atoms with Crippen molar-refractivity contribution in [2.75, 3.05) is 23.7 Å². The molecule has 0 aromatic carbocycles. The Kier molecular flexibility index (Phi) is 2.68. The van der Waals surface area contributed by atoms with E-state index in [9.17, 15) is 13.2 Å². The molecule has 3 rings (SSSR count). The van der Waals surface area contributed by atoms with Crippen LogP contribution < -0.4 is 16.4 Å². The highest BCUT2D eigenvalue weighted by Crippen LogP contribution is 2.31. The van der Waals surface area contributed by atoms with Gasteiger partial charge in [0.25, 0.3) is 0 Å². The van der Waals surface area contributed by atoms with Crippen LogP contribution in [0.3, 0.4) is 0 Å². The SMILES string of the molecule is Nc1nc2cc(C(F)(F)F)cnc2nc1N1CC(N)C1. The standard InChI is InChI=1S/C11H11F3N6/c12-11(13,14)5-1-7-9(17-2-5)19-10(8(16)18-7)20-3-6(15)4-20/h1-2,6H,3-4,15H2,(H2,16,18). The molecule has 0 saturated carbocycles. The fourth-order valence-corrected chi connectivity index (χ4v) is 2.03. The topological polar surface area (TPSA) is 93.9 Å². The molecule has 0 bridgehead atoms. The normalized spacial score (nSPS) is 16.5. The second-order valence-electron chi connectivity index (χ2n) is 4.66. The first kappa shape index (κ1) is 12.9. The molecule has 1 saturated heterocycles. The van der Waals surface area contributed by atoms with Crippen LogP contribution in [0.5, 0.6) is 0 Å². The van der Waals surface area contributed by atoms with E-state index in [1.54, 1.807) is 0 Å². The Balaban J connectivity index is 2.04. The van der Waals surface area contributed by atoms with Gasteiger partial charge in [-0.15, -0.1) is 0 Å². The number of rotatable bonds is 1. The van der Waals surface area contributed by atoms with Crippen LogP contribution in [0.15, 0.2) is 12.3 Å². The molecule has 0 amide bonds. The highest BCUT2D eigenvalue weighted by molar-refractivity contribution is 5.77. The van der Waals surface area contributed by atoms with Crippen molar-refractivity contribution in [3.05, 3.63) is 17.8 Å². The molecule has 20 heavy (non-hydrogen) atoms. The van der Waals surface area contributed by atoms with Crippen LogP contribution in [-0.2, 0) is 6.18 Å². The number of halogens is 3. The number of anilines is 2. The summed E-state index contributed by atoms with van der Waals surface area (Å²) in [6, 6.07) is 0.935. The Morgan fingerprint density at radius 2 is 1.95 bits per heavy atom. The molecule has 0 spiro atoms. The number of nitrogens with two attached hydrogens (primary N) is 2. The van der Waals surface area contributed by atoms with Gasteiger partial charge in [-0.3, -0.25) is 0 Å². The first-order chi connectivity index (χ1) is 9.34. The maximum absolute atomic E-state index is 12.6. The molecular formula is C11H11F3N6. The molecule has 6 nitrogen and oxygen atoms in total. The number of aromatic nitrogens is 3. The molecule has 2 aromatic heterocycles. The third-order valence-electron chi connectivity index (χ3n) is 3.07. The summed E-state index contributed by atoms with van der Waals surface area (Å²) >= 11 is 0. The molecule has 1 aliphatic heterocycles. The maximum atomic E-state index is 12.6. The summed E-state index contributed by atoms with van der Waals surface area (Å²) < 4.78 is 37.8. The van der Waals surface area contributed by atoms with Crippen LogP contribution in [-0.4, -0.2) is 34.1 Å².